The molecule has 31 heavy (non-hydrogen) atoms. The van der Waals surface area contributed by atoms with Crippen molar-refractivity contribution in [1.29, 1.82) is 5.26 Å². The molecule has 0 bridgehead atoms. The van der Waals surface area contributed by atoms with Gasteiger partial charge in [0.2, 0.25) is 0 Å². The van der Waals surface area contributed by atoms with Crippen LogP contribution in [0.4, 0.5) is 0 Å². The predicted octanol–water partition coefficient (Wildman–Crippen LogP) is 7.22. The molecule has 1 nitrogen and oxygen atoms in total. The van der Waals surface area contributed by atoms with Gasteiger partial charge in [-0.05, 0) is 56.5 Å². The summed E-state index contributed by atoms with van der Waals surface area (Å²) in [6.07, 6.45) is 0. The van der Waals surface area contributed by atoms with Crippen LogP contribution in [0.5, 0.6) is 0 Å². The van der Waals surface area contributed by atoms with Crippen LogP contribution in [0, 0.1) is 11.3 Å². The fourth-order valence-corrected chi connectivity index (χ4v) is 5.02. The van der Waals surface area contributed by atoms with Crippen molar-refractivity contribution >= 4 is 0 Å². The molecule has 0 amide bonds. The Bertz CT molecular complexity index is 1260. The monoisotopic (exact) mass is 399 g/mol. The summed E-state index contributed by atoms with van der Waals surface area (Å²) in [5.74, 6) is 0. The van der Waals surface area contributed by atoms with Crippen molar-refractivity contribution in [3.63, 3.8) is 0 Å². The van der Waals surface area contributed by atoms with Crippen molar-refractivity contribution in [2.24, 2.45) is 0 Å². The van der Waals surface area contributed by atoms with Gasteiger partial charge < -0.3 is 0 Å². The van der Waals surface area contributed by atoms with Gasteiger partial charge in [0.1, 0.15) is 0 Å². The number of hydrogen-bond donors (Lipinski definition) is 0. The molecule has 1 aliphatic rings. The highest BCUT2D eigenvalue weighted by Crippen LogP contribution is 2.56. The van der Waals surface area contributed by atoms with Crippen molar-refractivity contribution in [1.82, 2.24) is 0 Å². The third-order valence-corrected chi connectivity index (χ3v) is 6.55. The average molecular weight is 400 g/mol. The van der Waals surface area contributed by atoms with E-state index < -0.39 is 5.41 Å². The second-order valence-electron chi connectivity index (χ2n) is 9.36. The molecule has 5 rings (SSSR count). The molecule has 0 spiro atoms. The molecule has 0 heterocycles. The first-order valence-corrected chi connectivity index (χ1v) is 10.8. The first-order chi connectivity index (χ1) is 15.0. The van der Waals surface area contributed by atoms with E-state index in [0.717, 1.165) is 0 Å². The molecule has 0 saturated heterocycles. The van der Waals surface area contributed by atoms with Crippen LogP contribution in [0.15, 0.2) is 97.1 Å². The number of benzene rings is 4. The topological polar surface area (TPSA) is 23.8 Å². The molecule has 0 atom stereocenters. The summed E-state index contributed by atoms with van der Waals surface area (Å²) in [5.41, 5.74) is 8.98. The van der Waals surface area contributed by atoms with Gasteiger partial charge in [-0.15, -0.1) is 0 Å². The van der Waals surface area contributed by atoms with Gasteiger partial charge >= 0.3 is 0 Å². The standard InChI is InChI=1S/C30H25N/c1-29(2,3)24-15-17-26-25-16-14-21(20-31)18-27(25)30(28(26)19-24,22-10-6-4-7-11-22)23-12-8-5-9-13-23/h4-19H,1-3H3. The van der Waals surface area contributed by atoms with Crippen LogP contribution in [-0.2, 0) is 10.8 Å². The van der Waals surface area contributed by atoms with Crippen molar-refractivity contribution in [2.45, 2.75) is 31.6 Å². The Hall–Kier alpha value is -3.63. The summed E-state index contributed by atoms with van der Waals surface area (Å²) in [7, 11) is 0. The van der Waals surface area contributed by atoms with Gasteiger partial charge in [-0.3, -0.25) is 0 Å². The summed E-state index contributed by atoms with van der Waals surface area (Å²) >= 11 is 0. The normalized spacial score (nSPS) is 13.9. The third-order valence-electron chi connectivity index (χ3n) is 6.55. The molecule has 0 aromatic heterocycles. The lowest BCUT2D eigenvalue weighted by Gasteiger charge is -2.34. The van der Waals surface area contributed by atoms with Crippen LogP contribution < -0.4 is 0 Å². The van der Waals surface area contributed by atoms with Gasteiger partial charge in [0.15, 0.2) is 0 Å². The van der Waals surface area contributed by atoms with E-state index in [1.54, 1.807) is 0 Å². The van der Waals surface area contributed by atoms with Crippen molar-refractivity contribution in [3.05, 3.63) is 130 Å². The van der Waals surface area contributed by atoms with E-state index in [2.05, 4.69) is 118 Å². The van der Waals surface area contributed by atoms with Crippen LogP contribution in [-0.4, -0.2) is 0 Å². The van der Waals surface area contributed by atoms with Crippen LogP contribution in [0.25, 0.3) is 11.1 Å². The molecule has 150 valence electrons. The summed E-state index contributed by atoms with van der Waals surface area (Å²) in [6, 6.07) is 36.9. The van der Waals surface area contributed by atoms with Crippen LogP contribution in [0.2, 0.25) is 0 Å². The molecule has 1 aliphatic carbocycles. The third kappa shape index (κ3) is 2.83. The number of hydrogen-bond acceptors (Lipinski definition) is 1. The predicted molar refractivity (Wildman–Crippen MR) is 127 cm³/mol. The average Bonchev–Trinajstić information content (AvgIpc) is 3.09. The molecule has 0 N–H and O–H groups in total. The van der Waals surface area contributed by atoms with Crippen molar-refractivity contribution in [3.8, 4) is 17.2 Å². The molecule has 4 aromatic rings. The summed E-state index contributed by atoms with van der Waals surface area (Å²) < 4.78 is 0. The van der Waals surface area contributed by atoms with Crippen LogP contribution in [0.1, 0.15) is 54.2 Å². The lowest BCUT2D eigenvalue weighted by Crippen LogP contribution is -2.29. The molecule has 0 saturated carbocycles. The summed E-state index contributed by atoms with van der Waals surface area (Å²) in [4.78, 5) is 0. The van der Waals surface area contributed by atoms with Gasteiger partial charge in [-0.25, -0.2) is 0 Å². The zero-order chi connectivity index (χ0) is 21.6. The lowest BCUT2D eigenvalue weighted by molar-refractivity contribution is 0.588. The van der Waals surface area contributed by atoms with E-state index >= 15 is 0 Å². The highest BCUT2D eigenvalue weighted by Gasteiger charge is 2.46. The summed E-state index contributed by atoms with van der Waals surface area (Å²) in [6.45, 7) is 6.78. The summed E-state index contributed by atoms with van der Waals surface area (Å²) in [5, 5.41) is 9.70. The van der Waals surface area contributed by atoms with Gasteiger partial charge in [-0.1, -0.05) is 106 Å². The lowest BCUT2D eigenvalue weighted by atomic mass is 9.67. The van der Waals surface area contributed by atoms with E-state index in [9.17, 15) is 5.26 Å². The van der Waals surface area contributed by atoms with E-state index in [1.807, 2.05) is 6.07 Å². The Labute approximate surface area is 184 Å². The molecule has 0 radical (unpaired) electrons. The Morgan fingerprint density at radius 3 is 1.68 bits per heavy atom. The zero-order valence-corrected chi connectivity index (χ0v) is 18.2. The number of nitriles is 1. The molecular formula is C30H25N. The van der Waals surface area contributed by atoms with Gasteiger partial charge in [0.25, 0.3) is 0 Å². The maximum atomic E-state index is 9.70. The molecule has 0 fully saturated rings. The second-order valence-corrected chi connectivity index (χ2v) is 9.36. The van der Waals surface area contributed by atoms with Gasteiger partial charge in [-0.2, -0.15) is 5.26 Å². The number of rotatable bonds is 2. The van der Waals surface area contributed by atoms with Gasteiger partial charge in [0, 0.05) is 0 Å². The molecule has 1 heteroatoms. The Balaban J connectivity index is 1.98. The zero-order valence-electron chi connectivity index (χ0n) is 18.2. The molecule has 0 aliphatic heterocycles. The minimum absolute atomic E-state index is 0.0424. The number of nitrogens with zero attached hydrogens (tertiary/aromatic N) is 1. The smallest absolute Gasteiger partial charge is 0.0991 e. The number of fused-ring (bicyclic) bond motifs is 3. The van der Waals surface area contributed by atoms with E-state index in [1.165, 1.54) is 38.9 Å². The quantitative estimate of drug-likeness (QED) is 0.307. The van der Waals surface area contributed by atoms with Gasteiger partial charge in [0.05, 0.1) is 17.0 Å². The van der Waals surface area contributed by atoms with E-state index in [-0.39, 0.29) is 5.41 Å². The second kappa shape index (κ2) is 6.96. The highest BCUT2D eigenvalue weighted by atomic mass is 14.5. The first-order valence-electron chi connectivity index (χ1n) is 10.8. The maximum absolute atomic E-state index is 9.70. The van der Waals surface area contributed by atoms with Crippen molar-refractivity contribution < 1.29 is 0 Å². The maximum Gasteiger partial charge on any atom is 0.0991 e. The fourth-order valence-electron chi connectivity index (χ4n) is 5.02. The Morgan fingerprint density at radius 2 is 1.16 bits per heavy atom. The van der Waals surface area contributed by atoms with Crippen LogP contribution in [0.3, 0.4) is 0 Å². The Kier molecular flexibility index (Phi) is 4.34. The Morgan fingerprint density at radius 1 is 0.645 bits per heavy atom. The SMILES string of the molecule is CC(C)(C)c1ccc2c(c1)C(c1ccccc1)(c1ccccc1)c1cc(C#N)ccc1-2. The first kappa shape index (κ1) is 19.3. The van der Waals surface area contributed by atoms with E-state index in [0.29, 0.717) is 5.56 Å². The van der Waals surface area contributed by atoms with E-state index in [4.69, 9.17) is 0 Å². The molecular weight excluding hydrogens is 374 g/mol. The minimum atomic E-state index is -0.457. The fraction of sp³-hybridized carbons (Fsp3) is 0.167. The largest absolute Gasteiger partial charge is 0.192 e. The van der Waals surface area contributed by atoms with Crippen LogP contribution >= 0.6 is 0 Å². The molecule has 0 unspecified atom stereocenters. The minimum Gasteiger partial charge on any atom is -0.192 e. The molecule has 4 aromatic carbocycles. The highest BCUT2D eigenvalue weighted by molar-refractivity contribution is 5.87. The van der Waals surface area contributed by atoms with Crippen molar-refractivity contribution in [2.75, 3.05) is 0 Å².